The molecule has 0 radical (unpaired) electrons. The van der Waals surface area contributed by atoms with Crippen LogP contribution in [0.1, 0.15) is 45.6 Å². The van der Waals surface area contributed by atoms with Gasteiger partial charge < -0.3 is 10.2 Å². The molecule has 0 aromatic heterocycles. The third-order valence-corrected chi connectivity index (χ3v) is 5.95. The molecule has 4 amide bonds. The number of nitrogens with zero attached hydrogens (tertiary/aromatic N) is 2. The maximum Gasteiger partial charge on any atom is 0.325 e. The molecule has 2 aliphatic rings. The minimum atomic E-state index is -1.17. The Morgan fingerprint density at radius 1 is 1.27 bits per heavy atom. The van der Waals surface area contributed by atoms with Crippen molar-refractivity contribution in [3.05, 3.63) is 34.3 Å². The molecule has 0 aliphatic carbocycles. The minimum absolute atomic E-state index is 0.128. The predicted octanol–water partition coefficient (Wildman–Crippen LogP) is 3.01. The molecular formula is C19H24BrN3O3. The maximum absolute atomic E-state index is 13.0. The first-order chi connectivity index (χ1) is 12.2. The van der Waals surface area contributed by atoms with E-state index in [2.05, 4.69) is 21.2 Å². The molecule has 0 saturated carbocycles. The molecule has 26 heavy (non-hydrogen) atoms. The van der Waals surface area contributed by atoms with E-state index in [-0.39, 0.29) is 24.5 Å². The number of urea groups is 1. The average Bonchev–Trinajstić information content (AvgIpc) is 2.79. The van der Waals surface area contributed by atoms with Gasteiger partial charge in [-0.25, -0.2) is 4.79 Å². The Balaban J connectivity index is 1.80. The molecule has 7 heteroatoms. The Bertz CT molecular complexity index is 743. The van der Waals surface area contributed by atoms with Gasteiger partial charge in [0.05, 0.1) is 0 Å². The third kappa shape index (κ3) is 3.24. The van der Waals surface area contributed by atoms with Crippen molar-refractivity contribution in [1.82, 2.24) is 15.1 Å². The Kier molecular flexibility index (Phi) is 5.10. The normalized spacial score (nSPS) is 29.1. The monoisotopic (exact) mass is 421 g/mol. The molecule has 2 saturated heterocycles. The van der Waals surface area contributed by atoms with Crippen LogP contribution in [-0.4, -0.2) is 46.3 Å². The zero-order valence-electron chi connectivity index (χ0n) is 15.3. The summed E-state index contributed by atoms with van der Waals surface area (Å²) in [4.78, 5) is 41.1. The first kappa shape index (κ1) is 18.9. The van der Waals surface area contributed by atoms with E-state index in [1.807, 2.05) is 30.9 Å². The summed E-state index contributed by atoms with van der Waals surface area (Å²) in [7, 11) is 0. The summed E-state index contributed by atoms with van der Waals surface area (Å²) >= 11 is 3.39. The molecule has 140 valence electrons. The molecular weight excluding hydrogens is 398 g/mol. The Hall–Kier alpha value is -1.89. The molecule has 6 nitrogen and oxygen atoms in total. The summed E-state index contributed by atoms with van der Waals surface area (Å²) in [5, 5.41) is 2.75. The highest BCUT2D eigenvalue weighted by Crippen LogP contribution is 2.31. The van der Waals surface area contributed by atoms with Crippen molar-refractivity contribution in [3.63, 3.8) is 0 Å². The maximum atomic E-state index is 13.0. The third-order valence-electron chi connectivity index (χ3n) is 5.45. The highest BCUT2D eigenvalue weighted by atomic mass is 79.9. The molecule has 0 unspecified atom stereocenters. The van der Waals surface area contributed by atoms with Crippen LogP contribution in [0.15, 0.2) is 28.7 Å². The fourth-order valence-corrected chi connectivity index (χ4v) is 4.36. The number of carbonyl (C=O) groups excluding carboxylic acids is 3. The van der Waals surface area contributed by atoms with Crippen LogP contribution in [0.25, 0.3) is 0 Å². The minimum Gasteiger partial charge on any atom is -0.336 e. The van der Waals surface area contributed by atoms with Crippen molar-refractivity contribution in [2.45, 2.75) is 57.7 Å². The zero-order valence-corrected chi connectivity index (χ0v) is 16.9. The van der Waals surface area contributed by atoms with Crippen LogP contribution in [0, 0.1) is 0 Å². The molecule has 3 atom stereocenters. The topological polar surface area (TPSA) is 69.7 Å². The fourth-order valence-electron chi connectivity index (χ4n) is 3.97. The van der Waals surface area contributed by atoms with E-state index in [0.717, 1.165) is 28.6 Å². The van der Waals surface area contributed by atoms with Crippen LogP contribution in [-0.2, 0) is 15.1 Å². The van der Waals surface area contributed by atoms with Crippen LogP contribution in [0.4, 0.5) is 4.79 Å². The van der Waals surface area contributed by atoms with Gasteiger partial charge in [0.2, 0.25) is 5.91 Å². The molecule has 3 rings (SSSR count). The number of hydrogen-bond acceptors (Lipinski definition) is 3. The van der Waals surface area contributed by atoms with Crippen LogP contribution in [0.5, 0.6) is 0 Å². The summed E-state index contributed by atoms with van der Waals surface area (Å²) < 4.78 is 0.823. The largest absolute Gasteiger partial charge is 0.336 e. The van der Waals surface area contributed by atoms with Gasteiger partial charge in [0, 0.05) is 16.6 Å². The Morgan fingerprint density at radius 2 is 1.92 bits per heavy atom. The average molecular weight is 422 g/mol. The second kappa shape index (κ2) is 7.02. The van der Waals surface area contributed by atoms with Crippen molar-refractivity contribution in [1.29, 1.82) is 0 Å². The lowest BCUT2D eigenvalue weighted by Gasteiger charge is -2.39. The standard InChI is InChI=1S/C19H24BrN3O3/c1-12-6-4-7-13(2)23(12)16(24)11-22-17(25)19(3,21-18(22)26)14-8-5-9-15(20)10-14/h5,8-10,12-13H,4,6-7,11H2,1-3H3,(H,21,26)/t12-,13+,19-/m1/s1. The van der Waals surface area contributed by atoms with E-state index in [4.69, 9.17) is 0 Å². The van der Waals surface area contributed by atoms with Crippen LogP contribution < -0.4 is 5.32 Å². The molecule has 1 aromatic rings. The number of hydrogen-bond donors (Lipinski definition) is 1. The number of halogens is 1. The first-order valence-corrected chi connectivity index (χ1v) is 9.74. The molecule has 2 aliphatic heterocycles. The van der Waals surface area contributed by atoms with Gasteiger partial charge in [-0.05, 0) is 57.7 Å². The summed E-state index contributed by atoms with van der Waals surface area (Å²) in [6, 6.07) is 7.00. The van der Waals surface area contributed by atoms with Crippen molar-refractivity contribution in [2.24, 2.45) is 0 Å². The first-order valence-electron chi connectivity index (χ1n) is 8.95. The van der Waals surface area contributed by atoms with Gasteiger partial charge in [-0.15, -0.1) is 0 Å². The molecule has 2 heterocycles. The van der Waals surface area contributed by atoms with Crippen LogP contribution in [0.3, 0.4) is 0 Å². The molecule has 1 N–H and O–H groups in total. The summed E-state index contributed by atoms with van der Waals surface area (Å²) in [5.41, 5.74) is -0.486. The van der Waals surface area contributed by atoms with Gasteiger partial charge in [-0.2, -0.15) is 0 Å². The number of amides is 4. The second-order valence-electron chi connectivity index (χ2n) is 7.39. The van der Waals surface area contributed by atoms with E-state index < -0.39 is 17.5 Å². The summed E-state index contributed by atoms with van der Waals surface area (Å²) in [5.74, 6) is -0.571. The highest BCUT2D eigenvalue weighted by molar-refractivity contribution is 9.10. The van der Waals surface area contributed by atoms with E-state index in [0.29, 0.717) is 5.56 Å². The van der Waals surface area contributed by atoms with Crippen molar-refractivity contribution in [3.8, 4) is 0 Å². The highest BCUT2D eigenvalue weighted by Gasteiger charge is 2.50. The van der Waals surface area contributed by atoms with Gasteiger partial charge >= 0.3 is 6.03 Å². The predicted molar refractivity (Wildman–Crippen MR) is 101 cm³/mol. The van der Waals surface area contributed by atoms with E-state index in [1.165, 1.54) is 0 Å². The second-order valence-corrected chi connectivity index (χ2v) is 8.30. The molecule has 2 fully saturated rings. The van der Waals surface area contributed by atoms with E-state index in [1.54, 1.807) is 19.1 Å². The Morgan fingerprint density at radius 3 is 2.54 bits per heavy atom. The summed E-state index contributed by atoms with van der Waals surface area (Å²) in [6.45, 7) is 5.49. The number of carbonyl (C=O) groups is 3. The summed E-state index contributed by atoms with van der Waals surface area (Å²) in [6.07, 6.45) is 2.99. The molecule has 0 bridgehead atoms. The number of nitrogens with one attached hydrogen (secondary N) is 1. The van der Waals surface area contributed by atoms with Gasteiger partial charge in [0.1, 0.15) is 12.1 Å². The van der Waals surface area contributed by atoms with Gasteiger partial charge in [-0.3, -0.25) is 14.5 Å². The van der Waals surface area contributed by atoms with Gasteiger partial charge in [0.15, 0.2) is 0 Å². The number of imide groups is 1. The lowest BCUT2D eigenvalue weighted by atomic mass is 9.92. The van der Waals surface area contributed by atoms with E-state index >= 15 is 0 Å². The molecule has 0 spiro atoms. The fraction of sp³-hybridized carbons (Fsp3) is 0.526. The lowest BCUT2D eigenvalue weighted by molar-refractivity contribution is -0.142. The lowest BCUT2D eigenvalue weighted by Crippen LogP contribution is -2.52. The van der Waals surface area contributed by atoms with E-state index in [9.17, 15) is 14.4 Å². The zero-order chi connectivity index (χ0) is 19.1. The van der Waals surface area contributed by atoms with Crippen molar-refractivity contribution < 1.29 is 14.4 Å². The van der Waals surface area contributed by atoms with Crippen molar-refractivity contribution in [2.75, 3.05) is 6.54 Å². The molecule has 1 aromatic carbocycles. The number of piperidine rings is 1. The van der Waals surface area contributed by atoms with Gasteiger partial charge in [-0.1, -0.05) is 28.1 Å². The quantitative estimate of drug-likeness (QED) is 0.762. The van der Waals surface area contributed by atoms with Crippen LogP contribution >= 0.6 is 15.9 Å². The number of benzene rings is 1. The van der Waals surface area contributed by atoms with Gasteiger partial charge in [0.25, 0.3) is 5.91 Å². The number of rotatable bonds is 3. The smallest absolute Gasteiger partial charge is 0.325 e. The Labute approximate surface area is 162 Å². The van der Waals surface area contributed by atoms with Crippen LogP contribution in [0.2, 0.25) is 0 Å². The number of likely N-dealkylation sites (tertiary alicyclic amines) is 1. The SMILES string of the molecule is C[C@@H]1CCC[C@H](C)N1C(=O)CN1C(=O)N[C@](C)(c2cccc(Br)c2)C1=O. The van der Waals surface area contributed by atoms with Crippen molar-refractivity contribution >= 4 is 33.8 Å².